The van der Waals surface area contributed by atoms with Crippen LogP contribution >= 0.6 is 0 Å². The molecule has 1 aromatic heterocycles. The molecular weight excluding hydrogens is 374 g/mol. The standard InChI is InChI=1S/C22H22F2N4O/c1-29-20-10-11-25-22(26-20)28-14-12-27(13-15-28)21(16-2-6-18(23)7-3-16)17-4-8-19(24)9-5-17/h2-11,21H,12-15H2,1H3. The van der Waals surface area contributed by atoms with Crippen LogP contribution in [0.5, 0.6) is 5.88 Å². The van der Waals surface area contributed by atoms with Gasteiger partial charge in [0.25, 0.3) is 0 Å². The molecule has 1 fully saturated rings. The van der Waals surface area contributed by atoms with Gasteiger partial charge >= 0.3 is 0 Å². The number of hydrogen-bond donors (Lipinski definition) is 0. The van der Waals surface area contributed by atoms with Crippen molar-refractivity contribution in [3.8, 4) is 5.88 Å². The SMILES string of the molecule is COc1ccnc(N2CCN(C(c3ccc(F)cc3)c3ccc(F)cc3)CC2)n1. The lowest BCUT2D eigenvalue weighted by Gasteiger charge is -2.39. The molecule has 0 saturated carbocycles. The number of hydrogen-bond acceptors (Lipinski definition) is 5. The summed E-state index contributed by atoms with van der Waals surface area (Å²) in [5.74, 6) is 0.634. The van der Waals surface area contributed by atoms with Crippen molar-refractivity contribution in [1.82, 2.24) is 14.9 Å². The van der Waals surface area contributed by atoms with Crippen LogP contribution in [0, 0.1) is 11.6 Å². The Bertz CT molecular complexity index is 896. The smallest absolute Gasteiger partial charge is 0.228 e. The fourth-order valence-corrected chi connectivity index (χ4v) is 3.68. The monoisotopic (exact) mass is 396 g/mol. The summed E-state index contributed by atoms with van der Waals surface area (Å²) >= 11 is 0. The van der Waals surface area contributed by atoms with Crippen molar-refractivity contribution in [3.63, 3.8) is 0 Å². The van der Waals surface area contributed by atoms with E-state index in [-0.39, 0.29) is 17.7 Å². The van der Waals surface area contributed by atoms with E-state index in [1.165, 1.54) is 24.3 Å². The largest absolute Gasteiger partial charge is 0.481 e. The van der Waals surface area contributed by atoms with Crippen LogP contribution in [-0.4, -0.2) is 48.2 Å². The molecule has 0 radical (unpaired) electrons. The molecule has 0 spiro atoms. The first kappa shape index (κ1) is 19.3. The second-order valence-corrected chi connectivity index (χ2v) is 6.93. The van der Waals surface area contributed by atoms with E-state index in [2.05, 4.69) is 19.8 Å². The molecule has 1 aliphatic heterocycles. The summed E-state index contributed by atoms with van der Waals surface area (Å²) in [6, 6.07) is 14.7. The number of ether oxygens (including phenoxy) is 1. The maximum Gasteiger partial charge on any atom is 0.228 e. The predicted molar refractivity (Wildman–Crippen MR) is 107 cm³/mol. The minimum absolute atomic E-state index is 0.0791. The van der Waals surface area contributed by atoms with E-state index in [0.717, 1.165) is 37.3 Å². The number of methoxy groups -OCH3 is 1. The van der Waals surface area contributed by atoms with Crippen LogP contribution in [0.2, 0.25) is 0 Å². The van der Waals surface area contributed by atoms with Gasteiger partial charge in [-0.15, -0.1) is 0 Å². The summed E-state index contributed by atoms with van der Waals surface area (Å²) in [4.78, 5) is 13.2. The van der Waals surface area contributed by atoms with Gasteiger partial charge in [-0.25, -0.2) is 13.8 Å². The van der Waals surface area contributed by atoms with Gasteiger partial charge in [-0.05, 0) is 35.4 Å². The van der Waals surface area contributed by atoms with Crippen molar-refractivity contribution in [2.75, 3.05) is 38.2 Å². The van der Waals surface area contributed by atoms with Crippen LogP contribution in [0.25, 0.3) is 0 Å². The van der Waals surface area contributed by atoms with Gasteiger partial charge in [-0.2, -0.15) is 4.98 Å². The molecule has 4 rings (SSSR count). The minimum Gasteiger partial charge on any atom is -0.481 e. The number of benzene rings is 2. The van der Waals surface area contributed by atoms with Gasteiger partial charge < -0.3 is 9.64 Å². The molecule has 2 aromatic carbocycles. The van der Waals surface area contributed by atoms with Gasteiger partial charge in [-0.1, -0.05) is 24.3 Å². The summed E-state index contributed by atoms with van der Waals surface area (Å²) in [6.45, 7) is 3.01. The highest BCUT2D eigenvalue weighted by Crippen LogP contribution is 2.30. The Kier molecular flexibility index (Phi) is 5.67. The van der Waals surface area contributed by atoms with Crippen molar-refractivity contribution in [2.45, 2.75) is 6.04 Å². The van der Waals surface area contributed by atoms with E-state index in [1.54, 1.807) is 43.6 Å². The molecule has 150 valence electrons. The van der Waals surface area contributed by atoms with E-state index in [0.29, 0.717) is 11.8 Å². The lowest BCUT2D eigenvalue weighted by atomic mass is 9.96. The second-order valence-electron chi connectivity index (χ2n) is 6.93. The second kappa shape index (κ2) is 8.53. The van der Waals surface area contributed by atoms with Crippen LogP contribution in [0.4, 0.5) is 14.7 Å². The summed E-state index contributed by atoms with van der Waals surface area (Å²) in [6.07, 6.45) is 1.69. The van der Waals surface area contributed by atoms with Gasteiger partial charge in [0.05, 0.1) is 13.2 Å². The van der Waals surface area contributed by atoms with Crippen molar-refractivity contribution >= 4 is 5.95 Å². The third-order valence-electron chi connectivity index (χ3n) is 5.16. The first-order valence-electron chi connectivity index (χ1n) is 9.51. The topological polar surface area (TPSA) is 41.5 Å². The lowest BCUT2D eigenvalue weighted by molar-refractivity contribution is 0.211. The van der Waals surface area contributed by atoms with Gasteiger partial charge in [0, 0.05) is 38.4 Å². The summed E-state index contributed by atoms with van der Waals surface area (Å²) in [5, 5.41) is 0. The van der Waals surface area contributed by atoms with E-state index in [9.17, 15) is 8.78 Å². The van der Waals surface area contributed by atoms with E-state index in [1.807, 2.05) is 0 Å². The molecule has 0 atom stereocenters. The Morgan fingerprint density at radius 1 is 0.828 bits per heavy atom. The Balaban J connectivity index is 1.56. The molecular formula is C22H22F2N4O. The minimum atomic E-state index is -0.272. The average Bonchev–Trinajstić information content (AvgIpc) is 2.77. The van der Waals surface area contributed by atoms with Gasteiger partial charge in [0.2, 0.25) is 11.8 Å². The highest BCUT2D eigenvalue weighted by Gasteiger charge is 2.27. The van der Waals surface area contributed by atoms with Crippen LogP contribution in [0.15, 0.2) is 60.8 Å². The predicted octanol–water partition coefficient (Wildman–Crippen LogP) is 3.68. The van der Waals surface area contributed by atoms with E-state index < -0.39 is 0 Å². The Labute approximate surface area is 168 Å². The fourth-order valence-electron chi connectivity index (χ4n) is 3.68. The molecule has 5 nitrogen and oxygen atoms in total. The molecule has 3 aromatic rings. The number of aromatic nitrogens is 2. The van der Waals surface area contributed by atoms with Gasteiger partial charge in [0.15, 0.2) is 0 Å². The molecule has 0 unspecified atom stereocenters. The summed E-state index contributed by atoms with van der Waals surface area (Å²) in [7, 11) is 1.58. The van der Waals surface area contributed by atoms with Gasteiger partial charge in [-0.3, -0.25) is 4.90 Å². The van der Waals surface area contributed by atoms with E-state index >= 15 is 0 Å². The van der Waals surface area contributed by atoms with E-state index in [4.69, 9.17) is 4.74 Å². The maximum absolute atomic E-state index is 13.5. The zero-order chi connectivity index (χ0) is 20.2. The Hall–Kier alpha value is -3.06. The lowest BCUT2D eigenvalue weighted by Crippen LogP contribution is -2.48. The normalized spacial score (nSPS) is 15.0. The number of rotatable bonds is 5. The zero-order valence-corrected chi connectivity index (χ0v) is 16.1. The van der Waals surface area contributed by atoms with Crippen LogP contribution in [0.1, 0.15) is 17.2 Å². The highest BCUT2D eigenvalue weighted by atomic mass is 19.1. The molecule has 7 heteroatoms. The van der Waals surface area contributed by atoms with Crippen LogP contribution in [-0.2, 0) is 0 Å². The number of nitrogens with zero attached hydrogens (tertiary/aromatic N) is 4. The number of halogens is 2. The quantitative estimate of drug-likeness (QED) is 0.658. The third-order valence-corrected chi connectivity index (χ3v) is 5.16. The molecule has 0 bridgehead atoms. The number of anilines is 1. The Morgan fingerprint density at radius 3 is 1.90 bits per heavy atom. The maximum atomic E-state index is 13.5. The fraction of sp³-hybridized carbons (Fsp3) is 0.273. The zero-order valence-electron chi connectivity index (χ0n) is 16.1. The third kappa shape index (κ3) is 4.35. The first-order chi connectivity index (χ1) is 14.1. The molecule has 0 N–H and O–H groups in total. The van der Waals surface area contributed by atoms with Crippen molar-refractivity contribution < 1.29 is 13.5 Å². The molecule has 1 saturated heterocycles. The highest BCUT2D eigenvalue weighted by molar-refractivity contribution is 5.35. The molecule has 1 aliphatic rings. The van der Waals surface area contributed by atoms with Crippen LogP contribution < -0.4 is 9.64 Å². The van der Waals surface area contributed by atoms with Crippen molar-refractivity contribution in [3.05, 3.63) is 83.6 Å². The van der Waals surface area contributed by atoms with Crippen LogP contribution in [0.3, 0.4) is 0 Å². The summed E-state index contributed by atoms with van der Waals surface area (Å²) in [5.41, 5.74) is 1.95. The van der Waals surface area contributed by atoms with Crippen molar-refractivity contribution in [2.24, 2.45) is 0 Å². The van der Waals surface area contributed by atoms with Crippen molar-refractivity contribution in [1.29, 1.82) is 0 Å². The molecule has 29 heavy (non-hydrogen) atoms. The summed E-state index contributed by atoms with van der Waals surface area (Å²) < 4.78 is 32.1. The molecule has 2 heterocycles. The Morgan fingerprint density at radius 2 is 1.38 bits per heavy atom. The van der Waals surface area contributed by atoms with Gasteiger partial charge in [0.1, 0.15) is 11.6 Å². The number of piperazine rings is 1. The first-order valence-corrected chi connectivity index (χ1v) is 9.51. The average molecular weight is 396 g/mol. The molecule has 0 amide bonds. The molecule has 0 aliphatic carbocycles.